The summed E-state index contributed by atoms with van der Waals surface area (Å²) in [5.74, 6) is 1.39. The predicted molar refractivity (Wildman–Crippen MR) is 92.1 cm³/mol. The fourth-order valence-electron chi connectivity index (χ4n) is 2.35. The maximum absolute atomic E-state index is 5.85. The summed E-state index contributed by atoms with van der Waals surface area (Å²) in [6, 6.07) is 16.8. The van der Waals surface area contributed by atoms with Gasteiger partial charge < -0.3 is 10.1 Å². The van der Waals surface area contributed by atoms with Gasteiger partial charge in [0.25, 0.3) is 0 Å². The summed E-state index contributed by atoms with van der Waals surface area (Å²) in [5, 5.41) is 3.28. The second kappa shape index (κ2) is 8.20. The predicted octanol–water partition coefficient (Wildman–Crippen LogP) is 4.53. The van der Waals surface area contributed by atoms with Crippen LogP contribution in [-0.4, -0.2) is 20.2 Å². The van der Waals surface area contributed by atoms with Crippen molar-refractivity contribution >= 4 is 15.9 Å². The highest BCUT2D eigenvalue weighted by molar-refractivity contribution is 9.10. The summed E-state index contributed by atoms with van der Waals surface area (Å²) in [5.41, 5.74) is 2.67. The molecule has 0 bridgehead atoms. The molecule has 1 N–H and O–H groups in total. The summed E-state index contributed by atoms with van der Waals surface area (Å²) in [6.07, 6.45) is 0.996. The van der Waals surface area contributed by atoms with Crippen LogP contribution in [0, 0.1) is 6.92 Å². The number of hydrogen-bond donors (Lipinski definition) is 1. The Bertz CT molecular complexity index is 553. The fraction of sp³-hybridized carbons (Fsp3) is 0.333. The zero-order valence-corrected chi connectivity index (χ0v) is 14.2. The first-order valence-electron chi connectivity index (χ1n) is 7.28. The molecule has 0 radical (unpaired) electrons. The third kappa shape index (κ3) is 5.18. The number of rotatable bonds is 7. The Balaban J connectivity index is 1.92. The summed E-state index contributed by atoms with van der Waals surface area (Å²) >= 11 is 3.46. The highest BCUT2D eigenvalue weighted by atomic mass is 79.9. The van der Waals surface area contributed by atoms with Gasteiger partial charge in [-0.3, -0.25) is 0 Å². The second-order valence-corrected chi connectivity index (χ2v) is 6.18. The van der Waals surface area contributed by atoms with Crippen LogP contribution in [0.5, 0.6) is 5.75 Å². The standard InChI is InChI=1S/C18H22BrNO/c1-14-6-8-15(9-7-14)16(13-20-2)10-11-21-18-5-3-4-17(19)12-18/h3-9,12,16,20H,10-11,13H2,1-2H3. The zero-order valence-electron chi connectivity index (χ0n) is 12.6. The first-order chi connectivity index (χ1) is 10.2. The average Bonchev–Trinajstić information content (AvgIpc) is 2.47. The van der Waals surface area contributed by atoms with Gasteiger partial charge in [0.05, 0.1) is 6.61 Å². The van der Waals surface area contributed by atoms with Gasteiger partial charge in [0, 0.05) is 11.0 Å². The van der Waals surface area contributed by atoms with Crippen LogP contribution in [0.2, 0.25) is 0 Å². The Morgan fingerprint density at radius 1 is 1.14 bits per heavy atom. The smallest absolute Gasteiger partial charge is 0.120 e. The third-order valence-electron chi connectivity index (χ3n) is 3.53. The molecule has 2 aromatic carbocycles. The molecular formula is C18H22BrNO. The van der Waals surface area contributed by atoms with E-state index in [-0.39, 0.29) is 0 Å². The molecule has 21 heavy (non-hydrogen) atoms. The summed E-state index contributed by atoms with van der Waals surface area (Å²) < 4.78 is 6.90. The largest absolute Gasteiger partial charge is 0.494 e. The Hall–Kier alpha value is -1.32. The van der Waals surface area contributed by atoms with Crippen molar-refractivity contribution < 1.29 is 4.74 Å². The average molecular weight is 348 g/mol. The minimum Gasteiger partial charge on any atom is -0.494 e. The molecule has 0 aliphatic rings. The third-order valence-corrected chi connectivity index (χ3v) is 4.02. The van der Waals surface area contributed by atoms with Gasteiger partial charge in [-0.25, -0.2) is 0 Å². The van der Waals surface area contributed by atoms with Crippen LogP contribution in [-0.2, 0) is 0 Å². The molecule has 0 aliphatic heterocycles. The molecule has 1 unspecified atom stereocenters. The van der Waals surface area contributed by atoms with Crippen molar-refractivity contribution in [2.75, 3.05) is 20.2 Å². The first-order valence-corrected chi connectivity index (χ1v) is 8.08. The maximum Gasteiger partial charge on any atom is 0.120 e. The van der Waals surface area contributed by atoms with Crippen LogP contribution >= 0.6 is 15.9 Å². The van der Waals surface area contributed by atoms with Gasteiger partial charge in [-0.2, -0.15) is 0 Å². The molecule has 0 saturated carbocycles. The van der Waals surface area contributed by atoms with E-state index in [0.29, 0.717) is 5.92 Å². The quantitative estimate of drug-likeness (QED) is 0.794. The van der Waals surface area contributed by atoms with E-state index in [2.05, 4.69) is 52.4 Å². The number of ether oxygens (including phenoxy) is 1. The molecule has 1 atom stereocenters. The minimum absolute atomic E-state index is 0.475. The minimum atomic E-state index is 0.475. The topological polar surface area (TPSA) is 21.3 Å². The van der Waals surface area contributed by atoms with Crippen molar-refractivity contribution in [3.05, 3.63) is 64.1 Å². The Morgan fingerprint density at radius 2 is 1.90 bits per heavy atom. The van der Waals surface area contributed by atoms with Gasteiger partial charge in [-0.15, -0.1) is 0 Å². The van der Waals surface area contributed by atoms with Gasteiger partial charge in [-0.1, -0.05) is 51.8 Å². The Kier molecular flexibility index (Phi) is 6.27. The number of likely N-dealkylation sites (N-methyl/N-ethyl adjacent to an activating group) is 1. The lowest BCUT2D eigenvalue weighted by Gasteiger charge is -2.17. The molecule has 0 aliphatic carbocycles. The summed E-state index contributed by atoms with van der Waals surface area (Å²) in [7, 11) is 2.00. The first kappa shape index (κ1) is 16.1. The van der Waals surface area contributed by atoms with Gasteiger partial charge in [0.15, 0.2) is 0 Å². The molecule has 2 rings (SSSR count). The molecule has 2 nitrogen and oxygen atoms in total. The van der Waals surface area contributed by atoms with E-state index >= 15 is 0 Å². The molecule has 2 aromatic rings. The number of aryl methyl sites for hydroxylation is 1. The van der Waals surface area contributed by atoms with Crippen LogP contribution in [0.4, 0.5) is 0 Å². The van der Waals surface area contributed by atoms with Gasteiger partial charge >= 0.3 is 0 Å². The normalized spacial score (nSPS) is 12.1. The van der Waals surface area contributed by atoms with Crippen molar-refractivity contribution in [3.8, 4) is 5.75 Å². The summed E-state index contributed by atoms with van der Waals surface area (Å²) in [6.45, 7) is 3.80. The van der Waals surface area contributed by atoms with Crippen LogP contribution in [0.15, 0.2) is 53.0 Å². The molecule has 0 aromatic heterocycles. The van der Waals surface area contributed by atoms with Crippen molar-refractivity contribution in [2.24, 2.45) is 0 Å². The molecule has 0 heterocycles. The number of halogens is 1. The van der Waals surface area contributed by atoms with E-state index in [4.69, 9.17) is 4.74 Å². The van der Waals surface area contributed by atoms with Gasteiger partial charge in [-0.05, 0) is 50.1 Å². The van der Waals surface area contributed by atoms with E-state index in [0.717, 1.165) is 29.8 Å². The molecule has 0 saturated heterocycles. The van der Waals surface area contributed by atoms with Gasteiger partial charge in [0.1, 0.15) is 5.75 Å². The highest BCUT2D eigenvalue weighted by Gasteiger charge is 2.11. The molecular weight excluding hydrogens is 326 g/mol. The van der Waals surface area contributed by atoms with Crippen LogP contribution in [0.3, 0.4) is 0 Å². The van der Waals surface area contributed by atoms with Crippen molar-refractivity contribution in [1.82, 2.24) is 5.32 Å². The maximum atomic E-state index is 5.85. The lowest BCUT2D eigenvalue weighted by molar-refractivity contribution is 0.296. The van der Waals surface area contributed by atoms with Crippen LogP contribution in [0.1, 0.15) is 23.5 Å². The van der Waals surface area contributed by atoms with Crippen molar-refractivity contribution in [1.29, 1.82) is 0 Å². The molecule has 0 fully saturated rings. The lowest BCUT2D eigenvalue weighted by atomic mass is 9.95. The fourth-order valence-corrected chi connectivity index (χ4v) is 2.73. The van der Waals surface area contributed by atoms with E-state index in [1.807, 2.05) is 31.3 Å². The van der Waals surface area contributed by atoms with Gasteiger partial charge in [0.2, 0.25) is 0 Å². The van der Waals surface area contributed by atoms with Crippen molar-refractivity contribution in [3.63, 3.8) is 0 Å². The molecule has 112 valence electrons. The van der Waals surface area contributed by atoms with Crippen molar-refractivity contribution in [2.45, 2.75) is 19.3 Å². The highest BCUT2D eigenvalue weighted by Crippen LogP contribution is 2.22. The Labute approximate surface area is 135 Å². The van der Waals surface area contributed by atoms with E-state index in [1.54, 1.807) is 0 Å². The van der Waals surface area contributed by atoms with Crippen LogP contribution in [0.25, 0.3) is 0 Å². The number of benzene rings is 2. The van der Waals surface area contributed by atoms with E-state index in [1.165, 1.54) is 11.1 Å². The number of nitrogens with one attached hydrogen (secondary N) is 1. The second-order valence-electron chi connectivity index (χ2n) is 5.26. The zero-order chi connectivity index (χ0) is 15.1. The monoisotopic (exact) mass is 347 g/mol. The van der Waals surface area contributed by atoms with E-state index < -0.39 is 0 Å². The number of hydrogen-bond acceptors (Lipinski definition) is 2. The van der Waals surface area contributed by atoms with Crippen LogP contribution < -0.4 is 10.1 Å². The van der Waals surface area contributed by atoms with E-state index in [9.17, 15) is 0 Å². The SMILES string of the molecule is CNCC(CCOc1cccc(Br)c1)c1ccc(C)cc1. The summed E-state index contributed by atoms with van der Waals surface area (Å²) in [4.78, 5) is 0. The molecule has 0 spiro atoms. The molecule has 0 amide bonds. The Morgan fingerprint density at radius 3 is 2.57 bits per heavy atom. The lowest BCUT2D eigenvalue weighted by Crippen LogP contribution is -2.19. The molecule has 3 heteroatoms.